The molecule has 0 saturated heterocycles. The smallest absolute Gasteiger partial charge is 0.481 e. The number of carbonyl (C=O) groups excluding carboxylic acids is 1. The van der Waals surface area contributed by atoms with Crippen LogP contribution in [0.2, 0.25) is 0 Å². The molecule has 0 spiro atoms. The summed E-state index contributed by atoms with van der Waals surface area (Å²) in [5.74, 6) is -2.50. The highest BCUT2D eigenvalue weighted by Crippen LogP contribution is 2.23. The van der Waals surface area contributed by atoms with Gasteiger partial charge in [-0.15, -0.1) is 13.2 Å². The van der Waals surface area contributed by atoms with E-state index < -0.39 is 35.7 Å². The standard InChI is InChI=1S/C16H20F3NO5/c1-15(2,3)25-14(23)20-9-11(13(21)22)8-10-4-6-12(7-5-10)24-16(17,18)19/h4-7,11H,8-9H2,1-3H3,(H,20,23)(H,21,22). The van der Waals surface area contributed by atoms with Gasteiger partial charge in [0.1, 0.15) is 11.4 Å². The first-order valence-electron chi connectivity index (χ1n) is 7.40. The minimum atomic E-state index is -4.79. The molecule has 1 rings (SSSR count). The molecule has 25 heavy (non-hydrogen) atoms. The lowest BCUT2D eigenvalue weighted by atomic mass is 9.99. The van der Waals surface area contributed by atoms with Crippen molar-refractivity contribution >= 4 is 12.1 Å². The first kappa shape index (κ1) is 20.6. The van der Waals surface area contributed by atoms with Crippen LogP contribution in [0, 0.1) is 5.92 Å². The fraction of sp³-hybridized carbons (Fsp3) is 0.500. The number of hydrogen-bond acceptors (Lipinski definition) is 4. The van der Waals surface area contributed by atoms with E-state index in [0.29, 0.717) is 5.56 Å². The Morgan fingerprint density at radius 1 is 1.16 bits per heavy atom. The molecular formula is C16H20F3NO5. The number of carboxylic acid groups (broad SMARTS) is 1. The van der Waals surface area contributed by atoms with Gasteiger partial charge in [0.15, 0.2) is 0 Å². The van der Waals surface area contributed by atoms with E-state index in [1.807, 2.05) is 0 Å². The number of alkyl halides is 3. The van der Waals surface area contributed by atoms with E-state index in [1.54, 1.807) is 20.8 Å². The van der Waals surface area contributed by atoms with Gasteiger partial charge < -0.3 is 19.9 Å². The largest absolute Gasteiger partial charge is 0.573 e. The predicted molar refractivity (Wildman–Crippen MR) is 82.2 cm³/mol. The summed E-state index contributed by atoms with van der Waals surface area (Å²) in [6, 6.07) is 4.88. The van der Waals surface area contributed by atoms with Crippen LogP contribution in [0.1, 0.15) is 26.3 Å². The van der Waals surface area contributed by atoms with E-state index in [4.69, 9.17) is 4.74 Å². The Bertz CT molecular complexity index is 593. The molecule has 0 aromatic heterocycles. The van der Waals surface area contributed by atoms with E-state index in [1.165, 1.54) is 12.1 Å². The van der Waals surface area contributed by atoms with Crippen molar-refractivity contribution in [2.75, 3.05) is 6.54 Å². The zero-order valence-electron chi connectivity index (χ0n) is 14.0. The van der Waals surface area contributed by atoms with Gasteiger partial charge in [0.2, 0.25) is 0 Å². The molecule has 0 heterocycles. The van der Waals surface area contributed by atoms with Crippen LogP contribution < -0.4 is 10.1 Å². The van der Waals surface area contributed by atoms with Crippen LogP contribution in [0.25, 0.3) is 0 Å². The third kappa shape index (κ3) is 8.83. The average Bonchev–Trinajstić information content (AvgIpc) is 2.41. The van der Waals surface area contributed by atoms with Gasteiger partial charge in [0.05, 0.1) is 5.92 Å². The molecule has 9 heteroatoms. The number of hydrogen-bond donors (Lipinski definition) is 2. The van der Waals surface area contributed by atoms with Crippen LogP contribution in [0.3, 0.4) is 0 Å². The van der Waals surface area contributed by atoms with Crippen molar-refractivity contribution in [1.29, 1.82) is 0 Å². The van der Waals surface area contributed by atoms with E-state index >= 15 is 0 Å². The minimum absolute atomic E-state index is 0.0252. The van der Waals surface area contributed by atoms with E-state index in [9.17, 15) is 27.9 Å². The number of alkyl carbamates (subject to hydrolysis) is 1. The molecule has 140 valence electrons. The summed E-state index contributed by atoms with van der Waals surface area (Å²) < 4.78 is 45.1. The van der Waals surface area contributed by atoms with Crippen molar-refractivity contribution in [2.24, 2.45) is 5.92 Å². The summed E-state index contributed by atoms with van der Waals surface area (Å²) in [5, 5.41) is 11.6. The number of ether oxygens (including phenoxy) is 2. The topological polar surface area (TPSA) is 84.9 Å². The highest BCUT2D eigenvalue weighted by molar-refractivity contribution is 5.73. The molecule has 0 saturated carbocycles. The molecule has 2 N–H and O–H groups in total. The van der Waals surface area contributed by atoms with Gasteiger partial charge in [-0.25, -0.2) is 4.79 Å². The maximum atomic E-state index is 12.1. The van der Waals surface area contributed by atoms with Crippen LogP contribution in [-0.2, 0) is 16.0 Å². The summed E-state index contributed by atoms with van der Waals surface area (Å²) in [5.41, 5.74) is -0.218. The van der Waals surface area contributed by atoms with Gasteiger partial charge in [-0.3, -0.25) is 4.79 Å². The lowest BCUT2D eigenvalue weighted by Crippen LogP contribution is -2.37. The van der Waals surface area contributed by atoms with Crippen molar-refractivity contribution in [1.82, 2.24) is 5.32 Å². The van der Waals surface area contributed by atoms with Gasteiger partial charge in [0, 0.05) is 6.54 Å². The summed E-state index contributed by atoms with van der Waals surface area (Å²) in [6.07, 6.45) is -5.51. The predicted octanol–water partition coefficient (Wildman–Crippen LogP) is 3.35. The Morgan fingerprint density at radius 3 is 2.16 bits per heavy atom. The lowest BCUT2D eigenvalue weighted by Gasteiger charge is -2.21. The molecule has 0 radical (unpaired) electrons. The first-order valence-corrected chi connectivity index (χ1v) is 7.40. The van der Waals surface area contributed by atoms with Crippen LogP contribution in [0.4, 0.5) is 18.0 Å². The Hall–Kier alpha value is -2.45. The Balaban J connectivity index is 2.63. The number of aliphatic carboxylic acids is 1. The van der Waals surface area contributed by atoms with Crippen molar-refractivity contribution in [3.63, 3.8) is 0 Å². The molecule has 1 aromatic carbocycles. The Morgan fingerprint density at radius 2 is 1.72 bits per heavy atom. The monoisotopic (exact) mass is 363 g/mol. The number of nitrogens with one attached hydrogen (secondary N) is 1. The molecule has 1 amide bonds. The fourth-order valence-corrected chi connectivity index (χ4v) is 1.88. The van der Waals surface area contributed by atoms with Gasteiger partial charge >= 0.3 is 18.4 Å². The Kier molecular flexibility index (Phi) is 6.66. The second-order valence-corrected chi connectivity index (χ2v) is 6.31. The molecule has 6 nitrogen and oxygen atoms in total. The van der Waals surface area contributed by atoms with Gasteiger partial charge in [0.25, 0.3) is 0 Å². The third-order valence-electron chi connectivity index (χ3n) is 2.88. The molecule has 0 aliphatic rings. The average molecular weight is 363 g/mol. The molecule has 1 unspecified atom stereocenters. The van der Waals surface area contributed by atoms with Crippen LogP contribution in [-0.4, -0.2) is 35.7 Å². The number of amides is 1. The van der Waals surface area contributed by atoms with Crippen molar-refractivity contribution < 1.29 is 37.3 Å². The molecule has 0 aliphatic heterocycles. The minimum Gasteiger partial charge on any atom is -0.481 e. The summed E-state index contributed by atoms with van der Waals surface area (Å²) in [6.45, 7) is 4.84. The summed E-state index contributed by atoms with van der Waals surface area (Å²) in [7, 11) is 0. The molecule has 1 atom stereocenters. The maximum Gasteiger partial charge on any atom is 0.573 e. The van der Waals surface area contributed by atoms with Crippen molar-refractivity contribution in [2.45, 2.75) is 39.2 Å². The van der Waals surface area contributed by atoms with Gasteiger partial charge in [-0.2, -0.15) is 0 Å². The highest BCUT2D eigenvalue weighted by Gasteiger charge is 2.31. The van der Waals surface area contributed by atoms with Crippen molar-refractivity contribution in [3.8, 4) is 5.75 Å². The SMILES string of the molecule is CC(C)(C)OC(=O)NCC(Cc1ccc(OC(F)(F)F)cc1)C(=O)O. The lowest BCUT2D eigenvalue weighted by molar-refractivity contribution is -0.274. The number of carboxylic acids is 1. The molecule has 0 bridgehead atoms. The van der Waals surface area contributed by atoms with Gasteiger partial charge in [-0.05, 0) is 44.9 Å². The molecule has 1 aromatic rings. The maximum absolute atomic E-state index is 12.1. The molecule has 0 fully saturated rings. The zero-order chi connectivity index (χ0) is 19.3. The summed E-state index contributed by atoms with van der Waals surface area (Å²) in [4.78, 5) is 22.9. The van der Waals surface area contributed by atoms with Gasteiger partial charge in [-0.1, -0.05) is 12.1 Å². The van der Waals surface area contributed by atoms with Crippen molar-refractivity contribution in [3.05, 3.63) is 29.8 Å². The number of benzene rings is 1. The van der Waals surface area contributed by atoms with Crippen LogP contribution >= 0.6 is 0 Å². The quantitative estimate of drug-likeness (QED) is 0.810. The van der Waals surface area contributed by atoms with Crippen LogP contribution in [0.15, 0.2) is 24.3 Å². The third-order valence-corrected chi connectivity index (χ3v) is 2.88. The number of rotatable bonds is 6. The molecular weight excluding hydrogens is 343 g/mol. The highest BCUT2D eigenvalue weighted by atomic mass is 19.4. The van der Waals surface area contributed by atoms with E-state index in [2.05, 4.69) is 10.1 Å². The molecule has 0 aliphatic carbocycles. The number of carbonyl (C=O) groups is 2. The second kappa shape index (κ2) is 8.09. The normalized spacial score (nSPS) is 13.0. The number of halogens is 3. The fourth-order valence-electron chi connectivity index (χ4n) is 1.88. The second-order valence-electron chi connectivity index (χ2n) is 6.31. The first-order chi connectivity index (χ1) is 11.4. The Labute approximate surface area is 142 Å². The van der Waals surface area contributed by atoms with E-state index in [0.717, 1.165) is 12.1 Å². The summed E-state index contributed by atoms with van der Waals surface area (Å²) >= 11 is 0. The van der Waals surface area contributed by atoms with Crippen LogP contribution in [0.5, 0.6) is 5.75 Å². The van der Waals surface area contributed by atoms with E-state index in [-0.39, 0.29) is 13.0 Å². The zero-order valence-corrected chi connectivity index (χ0v) is 14.0.